The SMILES string of the molecule is COC(=O)c1cc(NC(=O)c2ccc3c(c2)C(=O)N(Cc2ccco2)C3=O)ccc1Cl. The smallest absolute Gasteiger partial charge is 0.339 e. The van der Waals surface area contributed by atoms with Gasteiger partial charge >= 0.3 is 5.97 Å². The molecule has 1 N–H and O–H groups in total. The van der Waals surface area contributed by atoms with E-state index in [1.165, 1.54) is 49.8 Å². The first-order chi connectivity index (χ1) is 14.9. The molecular formula is C22H15ClN2O6. The number of halogens is 1. The first kappa shape index (κ1) is 20.4. The van der Waals surface area contributed by atoms with Crippen molar-refractivity contribution in [1.82, 2.24) is 4.90 Å². The number of furan rings is 1. The van der Waals surface area contributed by atoms with Gasteiger partial charge in [-0.2, -0.15) is 0 Å². The Labute approximate surface area is 181 Å². The molecule has 0 fully saturated rings. The Hall–Kier alpha value is -3.91. The first-order valence-electron chi connectivity index (χ1n) is 9.11. The fraction of sp³-hybridized carbons (Fsp3) is 0.0909. The lowest BCUT2D eigenvalue weighted by molar-refractivity contribution is 0.0597. The number of carbonyl (C=O) groups excluding carboxylic acids is 4. The van der Waals surface area contributed by atoms with Gasteiger partial charge in [0.05, 0.1) is 41.6 Å². The van der Waals surface area contributed by atoms with Gasteiger partial charge in [-0.25, -0.2) is 4.79 Å². The molecule has 2 aromatic carbocycles. The molecule has 0 unspecified atom stereocenters. The first-order valence-corrected chi connectivity index (χ1v) is 9.48. The molecule has 31 heavy (non-hydrogen) atoms. The average Bonchev–Trinajstić information content (AvgIpc) is 3.37. The number of benzene rings is 2. The molecule has 0 saturated heterocycles. The van der Waals surface area contributed by atoms with E-state index in [1.807, 2.05) is 0 Å². The second kappa shape index (κ2) is 8.08. The van der Waals surface area contributed by atoms with Crippen LogP contribution in [0.1, 0.15) is 47.2 Å². The van der Waals surface area contributed by atoms with Crippen LogP contribution >= 0.6 is 11.6 Å². The summed E-state index contributed by atoms with van der Waals surface area (Å²) < 4.78 is 9.87. The molecule has 9 heteroatoms. The van der Waals surface area contributed by atoms with E-state index in [4.69, 9.17) is 16.0 Å². The van der Waals surface area contributed by atoms with E-state index in [1.54, 1.807) is 12.1 Å². The highest BCUT2D eigenvalue weighted by Gasteiger charge is 2.36. The summed E-state index contributed by atoms with van der Waals surface area (Å²) in [6.07, 6.45) is 1.46. The standard InChI is InChI=1S/C22H15ClN2O6/c1-30-22(29)17-10-13(5-7-18(17)23)24-19(26)12-4-6-15-16(9-12)21(28)25(20(15)27)11-14-3-2-8-31-14/h2-10H,11H2,1H3,(H,24,26). The third-order valence-electron chi connectivity index (χ3n) is 4.76. The quantitative estimate of drug-likeness (QED) is 0.480. The van der Waals surface area contributed by atoms with Gasteiger partial charge in [0.2, 0.25) is 0 Å². The van der Waals surface area contributed by atoms with Gasteiger partial charge in [-0.15, -0.1) is 0 Å². The number of fused-ring (bicyclic) bond motifs is 1. The van der Waals surface area contributed by atoms with Gasteiger partial charge in [0.1, 0.15) is 5.76 Å². The van der Waals surface area contributed by atoms with Crippen molar-refractivity contribution in [2.24, 2.45) is 0 Å². The van der Waals surface area contributed by atoms with Crippen molar-refractivity contribution < 1.29 is 28.3 Å². The van der Waals surface area contributed by atoms with Crippen molar-refractivity contribution >= 4 is 41.0 Å². The van der Waals surface area contributed by atoms with E-state index in [9.17, 15) is 19.2 Å². The zero-order chi connectivity index (χ0) is 22.1. The van der Waals surface area contributed by atoms with Crippen LogP contribution in [0, 0.1) is 0 Å². The third-order valence-corrected chi connectivity index (χ3v) is 5.09. The van der Waals surface area contributed by atoms with Crippen LogP contribution in [0.3, 0.4) is 0 Å². The zero-order valence-electron chi connectivity index (χ0n) is 16.2. The number of nitrogens with zero attached hydrogens (tertiary/aromatic N) is 1. The molecule has 4 rings (SSSR count). The molecule has 0 bridgehead atoms. The summed E-state index contributed by atoms with van der Waals surface area (Å²) in [4.78, 5) is 50.8. The number of hydrogen-bond acceptors (Lipinski definition) is 6. The van der Waals surface area contributed by atoms with Crippen LogP contribution < -0.4 is 5.32 Å². The molecule has 2 heterocycles. The van der Waals surface area contributed by atoms with Gasteiger partial charge < -0.3 is 14.5 Å². The molecule has 0 aliphatic carbocycles. The molecule has 8 nitrogen and oxygen atoms in total. The number of anilines is 1. The second-order valence-corrected chi connectivity index (χ2v) is 7.08. The zero-order valence-corrected chi connectivity index (χ0v) is 16.9. The maximum Gasteiger partial charge on any atom is 0.339 e. The molecule has 3 aromatic rings. The Bertz CT molecular complexity index is 1220. The average molecular weight is 439 g/mol. The minimum absolute atomic E-state index is 0.00194. The maximum absolute atomic E-state index is 12.7. The predicted molar refractivity (Wildman–Crippen MR) is 110 cm³/mol. The fourth-order valence-electron chi connectivity index (χ4n) is 3.21. The number of methoxy groups -OCH3 is 1. The number of amides is 3. The summed E-state index contributed by atoms with van der Waals surface area (Å²) in [5, 5.41) is 2.82. The summed E-state index contributed by atoms with van der Waals surface area (Å²) in [7, 11) is 1.22. The van der Waals surface area contributed by atoms with Crippen molar-refractivity contribution in [2.45, 2.75) is 6.54 Å². The Kier molecular flexibility index (Phi) is 5.31. The Morgan fingerprint density at radius 2 is 1.84 bits per heavy atom. The third kappa shape index (κ3) is 3.80. The van der Waals surface area contributed by atoms with Gasteiger partial charge in [-0.3, -0.25) is 19.3 Å². The molecule has 156 valence electrons. The lowest BCUT2D eigenvalue weighted by Crippen LogP contribution is -2.28. The van der Waals surface area contributed by atoms with E-state index >= 15 is 0 Å². The van der Waals surface area contributed by atoms with Crippen LogP contribution in [0.15, 0.2) is 59.2 Å². The molecule has 1 aliphatic rings. The van der Waals surface area contributed by atoms with E-state index in [2.05, 4.69) is 10.1 Å². The van der Waals surface area contributed by atoms with Gasteiger partial charge in [0, 0.05) is 11.3 Å². The van der Waals surface area contributed by atoms with E-state index in [0.29, 0.717) is 11.4 Å². The fourth-order valence-corrected chi connectivity index (χ4v) is 3.40. The highest BCUT2D eigenvalue weighted by molar-refractivity contribution is 6.33. The van der Waals surface area contributed by atoms with Gasteiger partial charge in [0.25, 0.3) is 17.7 Å². The number of hydrogen-bond donors (Lipinski definition) is 1. The van der Waals surface area contributed by atoms with E-state index in [0.717, 1.165) is 4.90 Å². The van der Waals surface area contributed by atoms with Crippen LogP contribution in [0.4, 0.5) is 5.69 Å². The van der Waals surface area contributed by atoms with Crippen molar-refractivity contribution in [3.8, 4) is 0 Å². The monoisotopic (exact) mass is 438 g/mol. The summed E-state index contributed by atoms with van der Waals surface area (Å²) >= 11 is 5.99. The minimum Gasteiger partial charge on any atom is -0.467 e. The summed E-state index contributed by atoms with van der Waals surface area (Å²) in [6.45, 7) is 0.00194. The van der Waals surface area contributed by atoms with Crippen LogP contribution in [0.5, 0.6) is 0 Å². The minimum atomic E-state index is -0.639. The molecule has 3 amide bonds. The van der Waals surface area contributed by atoms with Crippen molar-refractivity contribution in [2.75, 3.05) is 12.4 Å². The lowest BCUT2D eigenvalue weighted by atomic mass is 10.1. The largest absolute Gasteiger partial charge is 0.467 e. The number of carbonyl (C=O) groups is 4. The molecule has 0 spiro atoms. The number of rotatable bonds is 5. The highest BCUT2D eigenvalue weighted by atomic mass is 35.5. The van der Waals surface area contributed by atoms with Crippen molar-refractivity contribution in [1.29, 1.82) is 0 Å². The number of esters is 1. The number of imide groups is 1. The molecule has 0 saturated carbocycles. The normalized spacial score (nSPS) is 12.6. The maximum atomic E-state index is 12.7. The molecule has 0 radical (unpaired) electrons. The van der Waals surface area contributed by atoms with E-state index in [-0.39, 0.29) is 33.8 Å². The van der Waals surface area contributed by atoms with Crippen LogP contribution in [-0.4, -0.2) is 35.7 Å². The van der Waals surface area contributed by atoms with E-state index < -0.39 is 23.7 Å². The Morgan fingerprint density at radius 3 is 2.55 bits per heavy atom. The number of ether oxygens (including phenoxy) is 1. The van der Waals surface area contributed by atoms with Gasteiger partial charge in [-0.05, 0) is 48.5 Å². The predicted octanol–water partition coefficient (Wildman–Crippen LogP) is 3.77. The van der Waals surface area contributed by atoms with Crippen LogP contribution in [0.2, 0.25) is 5.02 Å². The van der Waals surface area contributed by atoms with Crippen LogP contribution in [-0.2, 0) is 11.3 Å². The summed E-state index contributed by atoms with van der Waals surface area (Å²) in [6, 6.07) is 12.0. The molecule has 0 atom stereocenters. The summed E-state index contributed by atoms with van der Waals surface area (Å²) in [5.74, 6) is -1.66. The Morgan fingerprint density at radius 1 is 1.06 bits per heavy atom. The highest BCUT2D eigenvalue weighted by Crippen LogP contribution is 2.27. The summed E-state index contributed by atoms with van der Waals surface area (Å²) in [5.41, 5.74) is 0.944. The number of nitrogens with one attached hydrogen (secondary N) is 1. The molecule has 1 aliphatic heterocycles. The lowest BCUT2D eigenvalue weighted by Gasteiger charge is -2.11. The Balaban J connectivity index is 1.56. The van der Waals surface area contributed by atoms with Gasteiger partial charge in [-0.1, -0.05) is 11.6 Å². The van der Waals surface area contributed by atoms with Crippen molar-refractivity contribution in [3.63, 3.8) is 0 Å². The van der Waals surface area contributed by atoms with Crippen LogP contribution in [0.25, 0.3) is 0 Å². The van der Waals surface area contributed by atoms with Gasteiger partial charge in [0.15, 0.2) is 0 Å². The molecular weight excluding hydrogens is 424 g/mol. The second-order valence-electron chi connectivity index (χ2n) is 6.68. The molecule has 1 aromatic heterocycles. The topological polar surface area (TPSA) is 106 Å². The van der Waals surface area contributed by atoms with Crippen molar-refractivity contribution in [3.05, 3.63) is 87.8 Å².